The molecular formula is C14H23NO. The van der Waals surface area contributed by atoms with Crippen LogP contribution in [-0.4, -0.2) is 13.2 Å². The van der Waals surface area contributed by atoms with Crippen LogP contribution in [-0.2, 0) is 16.7 Å². The Balaban J connectivity index is 2.65. The van der Waals surface area contributed by atoms with Crippen molar-refractivity contribution in [3.05, 3.63) is 35.4 Å². The van der Waals surface area contributed by atoms with Gasteiger partial charge in [0, 0.05) is 18.8 Å². The molecule has 0 aliphatic heterocycles. The molecule has 1 atom stereocenters. The maximum atomic E-state index is 6.29. The zero-order valence-electron chi connectivity index (χ0n) is 10.6. The summed E-state index contributed by atoms with van der Waals surface area (Å²) in [5.74, 6) is 0. The fourth-order valence-corrected chi connectivity index (χ4v) is 1.69. The lowest BCUT2D eigenvalue weighted by atomic mass is 9.89. The lowest BCUT2D eigenvalue weighted by Gasteiger charge is -2.25. The van der Waals surface area contributed by atoms with Gasteiger partial charge in [-0.1, -0.05) is 31.2 Å². The molecule has 1 aromatic rings. The third-order valence-corrected chi connectivity index (χ3v) is 2.99. The summed E-state index contributed by atoms with van der Waals surface area (Å²) in [5.41, 5.74) is 8.54. The van der Waals surface area contributed by atoms with Crippen molar-refractivity contribution in [2.24, 2.45) is 5.73 Å². The van der Waals surface area contributed by atoms with Crippen LogP contribution in [0.4, 0.5) is 0 Å². The molecule has 1 unspecified atom stereocenters. The van der Waals surface area contributed by atoms with E-state index in [1.165, 1.54) is 11.1 Å². The highest BCUT2D eigenvalue weighted by Gasteiger charge is 2.20. The van der Waals surface area contributed by atoms with E-state index in [0.29, 0.717) is 0 Å². The highest BCUT2D eigenvalue weighted by atomic mass is 16.5. The first-order valence-electron chi connectivity index (χ1n) is 6.06. The topological polar surface area (TPSA) is 35.2 Å². The molecule has 2 N–H and O–H groups in total. The number of rotatable bonds is 6. The van der Waals surface area contributed by atoms with Crippen LogP contribution in [0.1, 0.15) is 38.3 Å². The maximum absolute atomic E-state index is 6.29. The van der Waals surface area contributed by atoms with E-state index in [2.05, 4.69) is 38.1 Å². The molecule has 2 heteroatoms. The molecule has 0 heterocycles. The zero-order chi connectivity index (χ0) is 12.0. The van der Waals surface area contributed by atoms with Crippen LogP contribution in [0.5, 0.6) is 0 Å². The molecule has 90 valence electrons. The molecule has 0 amide bonds. The van der Waals surface area contributed by atoms with E-state index in [9.17, 15) is 0 Å². The molecule has 1 rings (SSSR count). The highest BCUT2D eigenvalue weighted by molar-refractivity contribution is 5.27. The van der Waals surface area contributed by atoms with Gasteiger partial charge in [0.15, 0.2) is 0 Å². The van der Waals surface area contributed by atoms with E-state index in [4.69, 9.17) is 10.5 Å². The van der Waals surface area contributed by atoms with Crippen molar-refractivity contribution in [2.45, 2.75) is 39.2 Å². The van der Waals surface area contributed by atoms with E-state index in [1.54, 1.807) is 0 Å². The smallest absolute Gasteiger partial charge is 0.0486 e. The molecule has 16 heavy (non-hydrogen) atoms. The van der Waals surface area contributed by atoms with Gasteiger partial charge in [-0.3, -0.25) is 0 Å². The standard InChI is InChI=1S/C14H23NO/c1-4-12-6-8-13(9-7-12)14(3,15)10-11-16-5-2/h6-9H,4-5,10-11,15H2,1-3H3. The van der Waals surface area contributed by atoms with Gasteiger partial charge in [0.25, 0.3) is 0 Å². The van der Waals surface area contributed by atoms with Crippen LogP contribution in [0.2, 0.25) is 0 Å². The van der Waals surface area contributed by atoms with Crippen LogP contribution >= 0.6 is 0 Å². The summed E-state index contributed by atoms with van der Waals surface area (Å²) < 4.78 is 5.36. The molecule has 0 radical (unpaired) electrons. The van der Waals surface area contributed by atoms with Gasteiger partial charge in [-0.05, 0) is 37.8 Å². The Morgan fingerprint density at radius 3 is 2.31 bits per heavy atom. The largest absolute Gasteiger partial charge is 0.382 e. The first kappa shape index (κ1) is 13.2. The van der Waals surface area contributed by atoms with Crippen molar-refractivity contribution in [1.29, 1.82) is 0 Å². The van der Waals surface area contributed by atoms with E-state index in [1.807, 2.05) is 6.92 Å². The molecule has 1 aromatic carbocycles. The number of nitrogens with two attached hydrogens (primary N) is 1. The van der Waals surface area contributed by atoms with E-state index in [0.717, 1.165) is 26.1 Å². The lowest BCUT2D eigenvalue weighted by Crippen LogP contribution is -2.34. The Morgan fingerprint density at radius 1 is 1.19 bits per heavy atom. The fraction of sp³-hybridized carbons (Fsp3) is 0.571. The average Bonchev–Trinajstić information content (AvgIpc) is 2.29. The first-order chi connectivity index (χ1) is 7.60. The van der Waals surface area contributed by atoms with Crippen molar-refractivity contribution in [2.75, 3.05) is 13.2 Å². The third kappa shape index (κ3) is 3.62. The van der Waals surface area contributed by atoms with Gasteiger partial charge in [0.2, 0.25) is 0 Å². The summed E-state index contributed by atoms with van der Waals surface area (Å²) in [7, 11) is 0. The highest BCUT2D eigenvalue weighted by Crippen LogP contribution is 2.22. The third-order valence-electron chi connectivity index (χ3n) is 2.99. The van der Waals surface area contributed by atoms with Crippen LogP contribution in [0.15, 0.2) is 24.3 Å². The Kier molecular flexibility index (Phi) is 4.97. The van der Waals surface area contributed by atoms with Crippen LogP contribution in [0, 0.1) is 0 Å². The van der Waals surface area contributed by atoms with Crippen LogP contribution < -0.4 is 5.73 Å². The lowest BCUT2D eigenvalue weighted by molar-refractivity contribution is 0.128. The number of hydrogen-bond donors (Lipinski definition) is 1. The molecule has 2 nitrogen and oxygen atoms in total. The minimum Gasteiger partial charge on any atom is -0.382 e. The van der Waals surface area contributed by atoms with Gasteiger partial charge in [-0.15, -0.1) is 0 Å². The SMILES string of the molecule is CCOCCC(C)(N)c1ccc(CC)cc1. The number of hydrogen-bond acceptors (Lipinski definition) is 2. The first-order valence-corrected chi connectivity index (χ1v) is 6.06. The zero-order valence-corrected chi connectivity index (χ0v) is 10.6. The quantitative estimate of drug-likeness (QED) is 0.750. The van der Waals surface area contributed by atoms with Crippen molar-refractivity contribution >= 4 is 0 Å². The predicted molar refractivity (Wildman–Crippen MR) is 68.5 cm³/mol. The Labute approximate surface area is 98.8 Å². The Bertz CT molecular complexity index is 303. The molecule has 0 fully saturated rings. The summed E-state index contributed by atoms with van der Waals surface area (Å²) >= 11 is 0. The second-order valence-electron chi connectivity index (χ2n) is 4.41. The van der Waals surface area contributed by atoms with E-state index in [-0.39, 0.29) is 5.54 Å². The molecule has 0 bridgehead atoms. The normalized spacial score (nSPS) is 14.8. The number of benzene rings is 1. The summed E-state index contributed by atoms with van der Waals surface area (Å²) in [5, 5.41) is 0. The summed E-state index contributed by atoms with van der Waals surface area (Å²) in [6.45, 7) is 7.70. The second-order valence-corrected chi connectivity index (χ2v) is 4.41. The summed E-state index contributed by atoms with van der Waals surface area (Å²) in [6.07, 6.45) is 1.92. The van der Waals surface area contributed by atoms with Gasteiger partial charge >= 0.3 is 0 Å². The van der Waals surface area contributed by atoms with Gasteiger partial charge in [-0.2, -0.15) is 0 Å². The van der Waals surface area contributed by atoms with Gasteiger partial charge < -0.3 is 10.5 Å². The summed E-state index contributed by atoms with van der Waals surface area (Å²) in [4.78, 5) is 0. The van der Waals surface area contributed by atoms with E-state index < -0.39 is 0 Å². The Morgan fingerprint density at radius 2 is 1.81 bits per heavy atom. The predicted octanol–water partition coefficient (Wildman–Crippen LogP) is 2.85. The van der Waals surface area contributed by atoms with Gasteiger partial charge in [0.05, 0.1) is 0 Å². The van der Waals surface area contributed by atoms with Crippen LogP contribution in [0.3, 0.4) is 0 Å². The van der Waals surface area contributed by atoms with Crippen LogP contribution in [0.25, 0.3) is 0 Å². The Hall–Kier alpha value is -0.860. The minimum atomic E-state index is -0.290. The molecule has 0 aliphatic carbocycles. The van der Waals surface area contributed by atoms with Gasteiger partial charge in [-0.25, -0.2) is 0 Å². The molecule has 0 spiro atoms. The fourth-order valence-electron chi connectivity index (χ4n) is 1.69. The molecule has 0 saturated carbocycles. The van der Waals surface area contributed by atoms with Crippen molar-refractivity contribution < 1.29 is 4.74 Å². The molecule has 0 saturated heterocycles. The number of ether oxygens (including phenoxy) is 1. The maximum Gasteiger partial charge on any atom is 0.0486 e. The minimum absolute atomic E-state index is 0.290. The monoisotopic (exact) mass is 221 g/mol. The molecule has 0 aliphatic rings. The van der Waals surface area contributed by atoms with Crippen molar-refractivity contribution in [3.8, 4) is 0 Å². The second kappa shape index (κ2) is 6.02. The number of aryl methyl sites for hydroxylation is 1. The average molecular weight is 221 g/mol. The van der Waals surface area contributed by atoms with Crippen molar-refractivity contribution in [1.82, 2.24) is 0 Å². The van der Waals surface area contributed by atoms with Crippen molar-refractivity contribution in [3.63, 3.8) is 0 Å². The summed E-state index contributed by atoms with van der Waals surface area (Å²) in [6, 6.07) is 8.57. The molecule has 0 aromatic heterocycles. The van der Waals surface area contributed by atoms with Gasteiger partial charge in [0.1, 0.15) is 0 Å². The molecular weight excluding hydrogens is 198 g/mol. The van der Waals surface area contributed by atoms with E-state index >= 15 is 0 Å².